The van der Waals surface area contributed by atoms with Gasteiger partial charge in [-0.25, -0.2) is 0 Å². The van der Waals surface area contributed by atoms with E-state index in [-0.39, 0.29) is 6.61 Å². The summed E-state index contributed by atoms with van der Waals surface area (Å²) < 4.78 is 11.5. The van der Waals surface area contributed by atoms with Crippen LogP contribution in [0.1, 0.15) is 11.8 Å². The molecule has 1 aromatic heterocycles. The molecule has 4 nitrogen and oxygen atoms in total. The van der Waals surface area contributed by atoms with Crippen molar-refractivity contribution in [1.82, 2.24) is 10.2 Å². The maximum Gasteiger partial charge on any atom is 0.253 e. The number of aryl methyl sites for hydroxylation is 1. The highest BCUT2D eigenvalue weighted by Gasteiger charge is 2.06. The first-order valence-electron chi connectivity index (χ1n) is 4.52. The van der Waals surface area contributed by atoms with Crippen molar-refractivity contribution >= 4 is 27.5 Å². The fraction of sp³-hybridized carbons (Fsp3) is 0.200. The topological polar surface area (TPSA) is 48.2 Å². The average Bonchev–Trinajstić information content (AvgIpc) is 2.63. The van der Waals surface area contributed by atoms with Gasteiger partial charge < -0.3 is 9.15 Å². The molecule has 0 aliphatic carbocycles. The minimum atomic E-state index is 0.211. The highest BCUT2D eigenvalue weighted by atomic mass is 79.9. The van der Waals surface area contributed by atoms with E-state index in [0.717, 1.165) is 4.47 Å². The van der Waals surface area contributed by atoms with Gasteiger partial charge in [0.25, 0.3) is 5.89 Å². The van der Waals surface area contributed by atoms with E-state index in [1.165, 1.54) is 0 Å². The lowest BCUT2D eigenvalue weighted by Gasteiger charge is -2.05. The highest BCUT2D eigenvalue weighted by molar-refractivity contribution is 9.10. The van der Waals surface area contributed by atoms with Gasteiger partial charge in [-0.3, -0.25) is 0 Å². The molecular formula is C10H8BrClN2O2. The third-order valence-corrected chi connectivity index (χ3v) is 2.60. The summed E-state index contributed by atoms with van der Waals surface area (Å²) in [5.74, 6) is 1.53. The summed E-state index contributed by atoms with van der Waals surface area (Å²) in [6.07, 6.45) is 0. The van der Waals surface area contributed by atoms with Crippen molar-refractivity contribution in [2.75, 3.05) is 0 Å². The van der Waals surface area contributed by atoms with Gasteiger partial charge in [-0.05, 0) is 18.2 Å². The molecule has 6 heteroatoms. The maximum absolute atomic E-state index is 5.98. The van der Waals surface area contributed by atoms with E-state index >= 15 is 0 Å². The largest absolute Gasteiger partial charge is 0.482 e. The molecule has 0 spiro atoms. The molecule has 16 heavy (non-hydrogen) atoms. The van der Waals surface area contributed by atoms with Crippen LogP contribution in [0.2, 0.25) is 5.02 Å². The number of rotatable bonds is 3. The van der Waals surface area contributed by atoms with Gasteiger partial charge >= 0.3 is 0 Å². The molecule has 0 radical (unpaired) electrons. The predicted octanol–water partition coefficient (Wildman–Crippen LogP) is 3.37. The standard InChI is InChI=1S/C10H8BrClN2O2/c1-6-13-14-10(16-6)5-15-9-3-2-7(11)4-8(9)12/h2-4H,5H2,1H3. The van der Waals surface area contributed by atoms with Gasteiger partial charge in [-0.15, -0.1) is 10.2 Å². The summed E-state index contributed by atoms with van der Waals surface area (Å²) in [5, 5.41) is 8.05. The van der Waals surface area contributed by atoms with E-state index in [2.05, 4.69) is 26.1 Å². The number of benzene rings is 1. The Balaban J connectivity index is 2.04. The molecule has 0 aliphatic heterocycles. The van der Waals surface area contributed by atoms with E-state index in [1.54, 1.807) is 19.1 Å². The minimum absolute atomic E-state index is 0.211. The molecule has 1 heterocycles. The van der Waals surface area contributed by atoms with Crippen LogP contribution in [0.3, 0.4) is 0 Å². The molecule has 0 saturated carbocycles. The zero-order valence-corrected chi connectivity index (χ0v) is 10.7. The zero-order chi connectivity index (χ0) is 11.5. The van der Waals surface area contributed by atoms with Gasteiger partial charge in [-0.2, -0.15) is 0 Å². The summed E-state index contributed by atoms with van der Waals surface area (Å²) in [5.41, 5.74) is 0. The molecule has 0 saturated heterocycles. The smallest absolute Gasteiger partial charge is 0.253 e. The van der Waals surface area contributed by atoms with Crippen LogP contribution in [0.15, 0.2) is 27.1 Å². The first-order chi connectivity index (χ1) is 7.65. The summed E-state index contributed by atoms with van der Waals surface area (Å²) in [7, 11) is 0. The number of hydrogen-bond donors (Lipinski definition) is 0. The monoisotopic (exact) mass is 302 g/mol. The first-order valence-corrected chi connectivity index (χ1v) is 5.69. The number of halogens is 2. The van der Waals surface area contributed by atoms with Crippen LogP contribution in [0.25, 0.3) is 0 Å². The lowest BCUT2D eigenvalue weighted by Crippen LogP contribution is -1.96. The number of hydrogen-bond acceptors (Lipinski definition) is 4. The van der Waals surface area contributed by atoms with E-state index < -0.39 is 0 Å². The van der Waals surface area contributed by atoms with Crippen LogP contribution in [0.4, 0.5) is 0 Å². The second-order valence-electron chi connectivity index (χ2n) is 3.08. The number of ether oxygens (including phenoxy) is 1. The van der Waals surface area contributed by atoms with Gasteiger partial charge in [0.05, 0.1) is 5.02 Å². The van der Waals surface area contributed by atoms with Gasteiger partial charge in [0.1, 0.15) is 5.75 Å². The SMILES string of the molecule is Cc1nnc(COc2ccc(Br)cc2Cl)o1. The van der Waals surface area contributed by atoms with Crippen LogP contribution in [0, 0.1) is 6.92 Å². The quantitative estimate of drug-likeness (QED) is 0.872. The number of aromatic nitrogens is 2. The van der Waals surface area contributed by atoms with Gasteiger partial charge in [0.2, 0.25) is 5.89 Å². The van der Waals surface area contributed by atoms with Crippen LogP contribution in [0.5, 0.6) is 5.75 Å². The Morgan fingerprint density at radius 1 is 1.44 bits per heavy atom. The molecule has 0 fully saturated rings. The van der Waals surface area contributed by atoms with Crippen molar-refractivity contribution in [3.63, 3.8) is 0 Å². The van der Waals surface area contributed by atoms with Crippen LogP contribution in [-0.4, -0.2) is 10.2 Å². The van der Waals surface area contributed by atoms with Gasteiger partial charge in [0, 0.05) is 11.4 Å². The van der Waals surface area contributed by atoms with Crippen molar-refractivity contribution in [3.8, 4) is 5.75 Å². The van der Waals surface area contributed by atoms with Crippen molar-refractivity contribution < 1.29 is 9.15 Å². The lowest BCUT2D eigenvalue weighted by molar-refractivity contribution is 0.260. The van der Waals surface area contributed by atoms with Crippen LogP contribution >= 0.6 is 27.5 Å². The van der Waals surface area contributed by atoms with E-state index in [1.807, 2.05) is 6.07 Å². The lowest BCUT2D eigenvalue weighted by atomic mass is 10.3. The Bertz CT molecular complexity index is 501. The minimum Gasteiger partial charge on any atom is -0.482 e. The third kappa shape index (κ3) is 2.74. The Labute approximate surface area is 106 Å². The van der Waals surface area contributed by atoms with Crippen molar-refractivity contribution in [2.45, 2.75) is 13.5 Å². The van der Waals surface area contributed by atoms with Crippen molar-refractivity contribution in [2.24, 2.45) is 0 Å². The van der Waals surface area contributed by atoms with E-state index in [4.69, 9.17) is 20.8 Å². The van der Waals surface area contributed by atoms with E-state index in [9.17, 15) is 0 Å². The fourth-order valence-corrected chi connectivity index (χ4v) is 1.86. The Kier molecular flexibility index (Phi) is 3.46. The Morgan fingerprint density at radius 3 is 2.88 bits per heavy atom. The zero-order valence-electron chi connectivity index (χ0n) is 8.41. The van der Waals surface area contributed by atoms with E-state index in [0.29, 0.717) is 22.6 Å². The second-order valence-corrected chi connectivity index (χ2v) is 4.40. The molecule has 84 valence electrons. The van der Waals surface area contributed by atoms with Gasteiger partial charge in [-0.1, -0.05) is 27.5 Å². The maximum atomic E-state index is 5.98. The molecular weight excluding hydrogens is 295 g/mol. The molecule has 0 aliphatic rings. The molecule has 0 amide bonds. The number of nitrogens with zero attached hydrogens (tertiary/aromatic N) is 2. The molecule has 1 aromatic carbocycles. The summed E-state index contributed by atoms with van der Waals surface area (Å²) >= 11 is 9.29. The highest BCUT2D eigenvalue weighted by Crippen LogP contribution is 2.28. The van der Waals surface area contributed by atoms with Crippen LogP contribution in [-0.2, 0) is 6.61 Å². The molecule has 0 bridgehead atoms. The summed E-state index contributed by atoms with van der Waals surface area (Å²) in [6.45, 7) is 1.94. The van der Waals surface area contributed by atoms with Crippen LogP contribution < -0.4 is 4.74 Å². The molecule has 0 unspecified atom stereocenters. The summed E-state index contributed by atoms with van der Waals surface area (Å²) in [4.78, 5) is 0. The van der Waals surface area contributed by atoms with Crippen molar-refractivity contribution in [3.05, 3.63) is 39.5 Å². The Morgan fingerprint density at radius 2 is 2.25 bits per heavy atom. The average molecular weight is 304 g/mol. The second kappa shape index (κ2) is 4.84. The predicted molar refractivity (Wildman–Crippen MR) is 62.5 cm³/mol. The summed E-state index contributed by atoms with van der Waals surface area (Å²) in [6, 6.07) is 5.38. The Hall–Kier alpha value is -1.07. The molecule has 0 atom stereocenters. The van der Waals surface area contributed by atoms with Crippen molar-refractivity contribution in [1.29, 1.82) is 0 Å². The molecule has 2 rings (SSSR count). The molecule has 2 aromatic rings. The van der Waals surface area contributed by atoms with Gasteiger partial charge in [0.15, 0.2) is 6.61 Å². The molecule has 0 N–H and O–H groups in total. The first kappa shape index (κ1) is 11.4. The normalized spacial score (nSPS) is 10.4. The fourth-order valence-electron chi connectivity index (χ4n) is 1.13. The third-order valence-electron chi connectivity index (χ3n) is 1.81.